The minimum Gasteiger partial charge on any atom is -0.319 e. The van der Waals surface area contributed by atoms with E-state index in [1.807, 2.05) is 36.4 Å². The first-order chi connectivity index (χ1) is 25.8. The van der Waals surface area contributed by atoms with Crippen LogP contribution in [0.4, 0.5) is 0 Å². The maximum atomic E-state index is 5.38. The molecule has 10 heteroatoms. The fourth-order valence-corrected chi connectivity index (χ4v) is 7.80. The van der Waals surface area contributed by atoms with Crippen molar-refractivity contribution in [3.63, 3.8) is 0 Å². The summed E-state index contributed by atoms with van der Waals surface area (Å²) in [4.78, 5) is 5.38. The molecule has 0 amide bonds. The number of imidazole rings is 1. The molecule has 0 atom stereocenters. The van der Waals surface area contributed by atoms with Crippen molar-refractivity contribution in [1.82, 2.24) is 50.6 Å². The number of hydrogen-bond donors (Lipinski definition) is 1. The second-order valence-electron chi connectivity index (χ2n) is 13.4. The number of aromatic nitrogens is 10. The lowest BCUT2D eigenvalue weighted by Gasteiger charge is -2.26. The van der Waals surface area contributed by atoms with Gasteiger partial charge in [-0.15, -0.1) is 25.5 Å². The number of nitrogens with zero attached hydrogens (tertiary/aromatic N) is 9. The molecule has 52 heavy (non-hydrogen) atoms. The SMILES string of the molecule is c1ccc(-c2cc(-c3ccccc3)c3c(-c4cc5ccccc5nn4)c(-c4nc5cc(-c6nnn[nH]6)ccc5n4C4CCCCC4)nnc3c2)cc1. The van der Waals surface area contributed by atoms with Crippen LogP contribution in [0.2, 0.25) is 0 Å². The van der Waals surface area contributed by atoms with Crippen LogP contribution in [0.5, 0.6) is 0 Å². The Bertz CT molecular complexity index is 2720. The summed E-state index contributed by atoms with van der Waals surface area (Å²) in [5.41, 5.74) is 10.9. The highest BCUT2D eigenvalue weighted by molar-refractivity contribution is 6.10. The minimum atomic E-state index is 0.258. The number of nitrogens with one attached hydrogen (secondary N) is 1. The van der Waals surface area contributed by atoms with Crippen molar-refractivity contribution in [2.75, 3.05) is 0 Å². The van der Waals surface area contributed by atoms with Gasteiger partial charge in [-0.1, -0.05) is 98.1 Å². The molecule has 4 heterocycles. The van der Waals surface area contributed by atoms with E-state index >= 15 is 0 Å². The van der Waals surface area contributed by atoms with E-state index < -0.39 is 0 Å². The van der Waals surface area contributed by atoms with E-state index in [0.717, 1.165) is 84.9 Å². The zero-order valence-electron chi connectivity index (χ0n) is 28.2. The van der Waals surface area contributed by atoms with Crippen molar-refractivity contribution >= 4 is 32.8 Å². The van der Waals surface area contributed by atoms with Crippen molar-refractivity contribution in [3.8, 4) is 56.4 Å². The van der Waals surface area contributed by atoms with Gasteiger partial charge in [-0.25, -0.2) is 10.1 Å². The highest BCUT2D eigenvalue weighted by Crippen LogP contribution is 2.44. The van der Waals surface area contributed by atoms with Gasteiger partial charge in [0.1, 0.15) is 5.69 Å². The molecule has 4 aromatic heterocycles. The van der Waals surface area contributed by atoms with Crippen LogP contribution < -0.4 is 0 Å². The smallest absolute Gasteiger partial charge is 0.179 e. The molecule has 0 radical (unpaired) electrons. The van der Waals surface area contributed by atoms with Crippen LogP contribution in [0.1, 0.15) is 38.1 Å². The fraction of sp³-hybridized carbons (Fsp3) is 0.143. The van der Waals surface area contributed by atoms with Crippen molar-refractivity contribution in [1.29, 1.82) is 0 Å². The van der Waals surface area contributed by atoms with E-state index in [1.54, 1.807) is 0 Å². The summed E-state index contributed by atoms with van der Waals surface area (Å²) in [6.45, 7) is 0. The monoisotopic (exact) mass is 676 g/mol. The minimum absolute atomic E-state index is 0.258. The first kappa shape index (κ1) is 30.2. The van der Waals surface area contributed by atoms with Gasteiger partial charge in [0.25, 0.3) is 0 Å². The van der Waals surface area contributed by atoms with Crippen molar-refractivity contribution in [3.05, 3.63) is 121 Å². The summed E-state index contributed by atoms with van der Waals surface area (Å²) in [6.07, 6.45) is 5.69. The zero-order chi connectivity index (χ0) is 34.4. The maximum absolute atomic E-state index is 5.38. The van der Waals surface area contributed by atoms with Crippen LogP contribution >= 0.6 is 0 Å². The Morgan fingerprint density at radius 3 is 2.13 bits per heavy atom. The molecule has 0 saturated heterocycles. The molecule has 0 unspecified atom stereocenters. The highest BCUT2D eigenvalue weighted by Gasteiger charge is 2.28. The lowest BCUT2D eigenvalue weighted by molar-refractivity contribution is 0.362. The third kappa shape index (κ3) is 5.19. The van der Waals surface area contributed by atoms with Gasteiger partial charge in [-0.05, 0) is 88.0 Å². The molecule has 1 aliphatic rings. The Kier molecular flexibility index (Phi) is 7.30. The van der Waals surface area contributed by atoms with Crippen LogP contribution in [0, 0.1) is 0 Å². The molecule has 0 aliphatic heterocycles. The number of H-pyrrole nitrogens is 1. The number of benzene rings is 5. The summed E-state index contributed by atoms with van der Waals surface area (Å²) < 4.78 is 2.39. The van der Waals surface area contributed by atoms with Gasteiger partial charge in [0.15, 0.2) is 11.6 Å². The van der Waals surface area contributed by atoms with Crippen molar-refractivity contribution in [2.45, 2.75) is 38.1 Å². The van der Waals surface area contributed by atoms with Gasteiger partial charge < -0.3 is 4.57 Å². The van der Waals surface area contributed by atoms with Crippen LogP contribution in [-0.2, 0) is 0 Å². The third-order valence-corrected chi connectivity index (χ3v) is 10.3. The maximum Gasteiger partial charge on any atom is 0.179 e. The Balaban J connectivity index is 1.32. The van der Waals surface area contributed by atoms with E-state index in [4.69, 9.17) is 25.4 Å². The Hall–Kier alpha value is -6.68. The average Bonchev–Trinajstić information content (AvgIpc) is 3.90. The molecule has 9 aromatic rings. The number of hydrogen-bond acceptors (Lipinski definition) is 8. The number of rotatable bonds is 6. The van der Waals surface area contributed by atoms with Crippen LogP contribution in [0.3, 0.4) is 0 Å². The quantitative estimate of drug-likeness (QED) is 0.185. The van der Waals surface area contributed by atoms with Gasteiger partial charge in [-0.3, -0.25) is 0 Å². The average molecular weight is 677 g/mol. The topological polar surface area (TPSA) is 124 Å². The summed E-state index contributed by atoms with van der Waals surface area (Å²) in [6, 6.07) is 42.0. The van der Waals surface area contributed by atoms with E-state index in [-0.39, 0.29) is 6.04 Å². The van der Waals surface area contributed by atoms with E-state index in [0.29, 0.717) is 17.2 Å². The zero-order valence-corrected chi connectivity index (χ0v) is 28.2. The van der Waals surface area contributed by atoms with Gasteiger partial charge in [-0.2, -0.15) is 0 Å². The summed E-state index contributed by atoms with van der Waals surface area (Å²) >= 11 is 0. The Morgan fingerprint density at radius 2 is 1.33 bits per heavy atom. The number of fused-ring (bicyclic) bond motifs is 3. The van der Waals surface area contributed by atoms with Crippen LogP contribution in [0.15, 0.2) is 121 Å². The molecule has 1 aliphatic carbocycles. The van der Waals surface area contributed by atoms with Gasteiger partial charge in [0.2, 0.25) is 0 Å². The van der Waals surface area contributed by atoms with E-state index in [2.05, 4.69) is 110 Å². The number of aromatic amines is 1. The molecular formula is C42H32N10. The Labute approximate surface area is 298 Å². The van der Waals surface area contributed by atoms with Crippen molar-refractivity contribution in [2.24, 2.45) is 0 Å². The molecule has 10 rings (SSSR count). The van der Waals surface area contributed by atoms with Gasteiger partial charge >= 0.3 is 0 Å². The molecule has 0 bridgehead atoms. The predicted molar refractivity (Wildman–Crippen MR) is 203 cm³/mol. The lowest BCUT2D eigenvalue weighted by Crippen LogP contribution is -2.15. The first-order valence-electron chi connectivity index (χ1n) is 17.7. The van der Waals surface area contributed by atoms with Crippen molar-refractivity contribution < 1.29 is 0 Å². The first-order valence-corrected chi connectivity index (χ1v) is 17.7. The molecule has 250 valence electrons. The van der Waals surface area contributed by atoms with E-state index in [1.165, 1.54) is 19.3 Å². The highest BCUT2D eigenvalue weighted by atomic mass is 15.5. The van der Waals surface area contributed by atoms with E-state index in [9.17, 15) is 0 Å². The fourth-order valence-electron chi connectivity index (χ4n) is 7.80. The van der Waals surface area contributed by atoms with Crippen LogP contribution in [0.25, 0.3) is 89.3 Å². The molecule has 1 fully saturated rings. The Morgan fingerprint density at radius 1 is 0.577 bits per heavy atom. The molecular weight excluding hydrogens is 645 g/mol. The second kappa shape index (κ2) is 12.6. The number of tetrazole rings is 1. The second-order valence-corrected chi connectivity index (χ2v) is 13.4. The standard InChI is InChI=1S/C42H32N10/c1-4-12-26(13-5-1)30-22-32(27-14-6-2-7-15-27)38-35(25-30)46-47-40(39(38)36-23-28-16-10-11-19-33(28)44-45-36)42-43-34-24-29(41-48-50-51-49-41)20-21-37(34)52(42)31-17-8-3-9-18-31/h1-2,4-7,10-16,19-25,31H,3,8-9,17-18H2,(H,48,49,50,51). The molecule has 1 N–H and O–H groups in total. The van der Waals surface area contributed by atoms with Gasteiger partial charge in [0.05, 0.1) is 27.8 Å². The molecule has 5 aromatic carbocycles. The molecule has 0 spiro atoms. The summed E-state index contributed by atoms with van der Waals surface area (Å²) in [5.74, 6) is 1.36. The summed E-state index contributed by atoms with van der Waals surface area (Å²) in [7, 11) is 0. The lowest BCUT2D eigenvalue weighted by atomic mass is 9.90. The van der Waals surface area contributed by atoms with Gasteiger partial charge in [0, 0.05) is 27.9 Å². The largest absolute Gasteiger partial charge is 0.319 e. The normalized spacial score (nSPS) is 13.7. The third-order valence-electron chi connectivity index (χ3n) is 10.3. The molecule has 10 nitrogen and oxygen atoms in total. The molecule has 1 saturated carbocycles. The van der Waals surface area contributed by atoms with Crippen LogP contribution in [-0.4, -0.2) is 50.6 Å². The summed E-state index contributed by atoms with van der Waals surface area (Å²) in [5, 5.41) is 36.3. The predicted octanol–water partition coefficient (Wildman–Crippen LogP) is 9.28.